The first-order valence-corrected chi connectivity index (χ1v) is 8.74. The lowest BCUT2D eigenvalue weighted by Gasteiger charge is -2.11. The molecule has 2 aromatic heterocycles. The maximum atomic E-state index is 5.94. The van der Waals surface area contributed by atoms with Gasteiger partial charge >= 0.3 is 0 Å². The van der Waals surface area contributed by atoms with Crippen LogP contribution in [0.5, 0.6) is 11.5 Å². The zero-order valence-electron chi connectivity index (χ0n) is 13.3. The first-order valence-electron chi connectivity index (χ1n) is 7.79. The maximum absolute atomic E-state index is 5.94. The van der Waals surface area contributed by atoms with Gasteiger partial charge < -0.3 is 14.6 Å². The fourth-order valence-corrected chi connectivity index (χ4v) is 2.95. The summed E-state index contributed by atoms with van der Waals surface area (Å²) in [4.78, 5) is 4.41. The number of rotatable bonds is 6. The number of anilines is 1. The number of aromatic nitrogens is 2. The van der Waals surface area contributed by atoms with E-state index in [0.717, 1.165) is 22.7 Å². The Morgan fingerprint density at radius 1 is 1.00 bits per heavy atom. The van der Waals surface area contributed by atoms with Gasteiger partial charge in [-0.2, -0.15) is 16.3 Å². The summed E-state index contributed by atoms with van der Waals surface area (Å²) in [6, 6.07) is 19.4. The average molecular weight is 349 g/mol. The predicted molar refractivity (Wildman–Crippen MR) is 97.9 cm³/mol. The Kier molecular flexibility index (Phi) is 4.43. The van der Waals surface area contributed by atoms with Crippen LogP contribution in [0.4, 0.5) is 5.69 Å². The van der Waals surface area contributed by atoms with Crippen molar-refractivity contribution in [3.05, 3.63) is 77.2 Å². The van der Waals surface area contributed by atoms with Crippen molar-refractivity contribution in [2.45, 2.75) is 6.54 Å². The zero-order chi connectivity index (χ0) is 16.9. The average Bonchev–Trinajstić information content (AvgIpc) is 3.33. The van der Waals surface area contributed by atoms with Crippen LogP contribution in [-0.4, -0.2) is 10.1 Å². The predicted octanol–water partition coefficient (Wildman–Crippen LogP) is 5.20. The Morgan fingerprint density at radius 3 is 2.68 bits per heavy atom. The fourth-order valence-electron chi connectivity index (χ4n) is 2.32. The van der Waals surface area contributed by atoms with Gasteiger partial charge in [0.05, 0.1) is 17.8 Å². The van der Waals surface area contributed by atoms with E-state index >= 15 is 0 Å². The van der Waals surface area contributed by atoms with E-state index in [9.17, 15) is 0 Å². The molecule has 0 saturated heterocycles. The highest BCUT2D eigenvalue weighted by atomic mass is 32.1. The number of para-hydroxylation sites is 3. The van der Waals surface area contributed by atoms with Gasteiger partial charge in [0, 0.05) is 5.38 Å². The van der Waals surface area contributed by atoms with Crippen LogP contribution in [0.3, 0.4) is 0 Å². The topological polar surface area (TPSA) is 60.2 Å². The van der Waals surface area contributed by atoms with Gasteiger partial charge in [0.15, 0.2) is 11.6 Å². The van der Waals surface area contributed by atoms with E-state index in [1.54, 1.807) is 11.3 Å². The van der Waals surface area contributed by atoms with Crippen molar-refractivity contribution in [3.63, 3.8) is 0 Å². The molecule has 4 aromatic rings. The standard InChI is InChI=1S/C19H15N3O2S/c1-2-6-15(7-3-1)23-17-9-5-4-8-16(17)20-12-18-21-19(24-22-18)14-10-11-25-13-14/h1-11,13,20H,12H2. The summed E-state index contributed by atoms with van der Waals surface area (Å²) >= 11 is 1.60. The first kappa shape index (κ1) is 15.4. The molecule has 0 radical (unpaired) electrons. The summed E-state index contributed by atoms with van der Waals surface area (Å²) in [5.41, 5.74) is 1.81. The van der Waals surface area contributed by atoms with E-state index in [2.05, 4.69) is 15.5 Å². The summed E-state index contributed by atoms with van der Waals surface area (Å²) in [6.07, 6.45) is 0. The van der Waals surface area contributed by atoms with E-state index in [-0.39, 0.29) is 0 Å². The van der Waals surface area contributed by atoms with Gasteiger partial charge in [-0.25, -0.2) is 0 Å². The molecule has 2 aromatic carbocycles. The molecule has 0 saturated carbocycles. The van der Waals surface area contributed by atoms with E-state index in [4.69, 9.17) is 9.26 Å². The van der Waals surface area contributed by atoms with Crippen molar-refractivity contribution in [2.75, 3.05) is 5.32 Å². The van der Waals surface area contributed by atoms with Crippen LogP contribution in [0.25, 0.3) is 11.5 Å². The number of nitrogens with one attached hydrogen (secondary N) is 1. The van der Waals surface area contributed by atoms with Crippen LogP contribution >= 0.6 is 11.3 Å². The molecule has 0 unspecified atom stereocenters. The largest absolute Gasteiger partial charge is 0.455 e. The Morgan fingerprint density at radius 2 is 1.84 bits per heavy atom. The third-order valence-electron chi connectivity index (χ3n) is 3.53. The lowest BCUT2D eigenvalue weighted by Crippen LogP contribution is -2.02. The van der Waals surface area contributed by atoms with Crippen LogP contribution in [0.1, 0.15) is 5.82 Å². The van der Waals surface area contributed by atoms with Crippen molar-refractivity contribution < 1.29 is 9.26 Å². The second-order valence-electron chi connectivity index (χ2n) is 5.29. The minimum absolute atomic E-state index is 0.447. The van der Waals surface area contributed by atoms with E-state index < -0.39 is 0 Å². The maximum Gasteiger partial charge on any atom is 0.258 e. The van der Waals surface area contributed by atoms with Crippen LogP contribution in [0, 0.1) is 0 Å². The quantitative estimate of drug-likeness (QED) is 0.518. The molecule has 0 atom stereocenters. The molecule has 0 fully saturated rings. The van der Waals surface area contributed by atoms with Crippen LogP contribution < -0.4 is 10.1 Å². The van der Waals surface area contributed by atoms with Gasteiger partial charge in [-0.15, -0.1) is 0 Å². The number of benzene rings is 2. The first-order chi connectivity index (χ1) is 12.4. The Labute approximate surface area is 148 Å². The molecule has 0 spiro atoms. The monoisotopic (exact) mass is 349 g/mol. The Balaban J connectivity index is 1.46. The van der Waals surface area contributed by atoms with Gasteiger partial charge in [0.1, 0.15) is 5.75 Å². The second-order valence-corrected chi connectivity index (χ2v) is 6.07. The van der Waals surface area contributed by atoms with Crippen LogP contribution in [0.2, 0.25) is 0 Å². The molecule has 0 bridgehead atoms. The molecule has 4 rings (SSSR count). The minimum atomic E-state index is 0.447. The smallest absolute Gasteiger partial charge is 0.258 e. The van der Waals surface area contributed by atoms with Crippen molar-refractivity contribution in [3.8, 4) is 23.0 Å². The van der Waals surface area contributed by atoms with Gasteiger partial charge in [-0.3, -0.25) is 0 Å². The van der Waals surface area contributed by atoms with Crippen molar-refractivity contribution in [1.29, 1.82) is 0 Å². The molecular formula is C19H15N3O2S. The fraction of sp³-hybridized carbons (Fsp3) is 0.0526. The van der Waals surface area contributed by atoms with Crippen molar-refractivity contribution in [2.24, 2.45) is 0 Å². The SMILES string of the molecule is c1ccc(Oc2ccccc2NCc2noc(-c3ccsc3)n2)cc1. The second kappa shape index (κ2) is 7.19. The molecule has 0 aliphatic heterocycles. The molecular weight excluding hydrogens is 334 g/mol. The molecule has 0 amide bonds. The summed E-state index contributed by atoms with van der Waals surface area (Å²) in [6.45, 7) is 0.447. The normalized spacial score (nSPS) is 10.6. The van der Waals surface area contributed by atoms with Crippen molar-refractivity contribution >= 4 is 17.0 Å². The molecule has 0 aliphatic carbocycles. The van der Waals surface area contributed by atoms with Gasteiger partial charge in [-0.05, 0) is 35.7 Å². The minimum Gasteiger partial charge on any atom is -0.455 e. The molecule has 25 heavy (non-hydrogen) atoms. The number of thiophene rings is 1. The molecule has 1 N–H and O–H groups in total. The summed E-state index contributed by atoms with van der Waals surface area (Å²) in [5, 5.41) is 11.3. The van der Waals surface area contributed by atoms with Crippen molar-refractivity contribution in [1.82, 2.24) is 10.1 Å². The van der Waals surface area contributed by atoms with E-state index in [1.807, 2.05) is 71.4 Å². The van der Waals surface area contributed by atoms with Gasteiger partial charge in [-0.1, -0.05) is 35.5 Å². The number of hydrogen-bond acceptors (Lipinski definition) is 6. The number of hydrogen-bond donors (Lipinski definition) is 1. The highest BCUT2D eigenvalue weighted by Crippen LogP contribution is 2.29. The number of nitrogens with zero attached hydrogens (tertiary/aromatic N) is 2. The van der Waals surface area contributed by atoms with E-state index in [1.165, 1.54) is 0 Å². The molecule has 2 heterocycles. The third kappa shape index (κ3) is 3.70. The Hall–Kier alpha value is -3.12. The molecule has 124 valence electrons. The number of ether oxygens (including phenoxy) is 1. The summed E-state index contributed by atoms with van der Waals surface area (Å²) in [5.74, 6) is 2.66. The third-order valence-corrected chi connectivity index (χ3v) is 4.21. The molecule has 6 heteroatoms. The highest BCUT2D eigenvalue weighted by molar-refractivity contribution is 7.08. The van der Waals surface area contributed by atoms with Gasteiger partial charge in [0.25, 0.3) is 5.89 Å². The van der Waals surface area contributed by atoms with Crippen LogP contribution in [0.15, 0.2) is 75.9 Å². The van der Waals surface area contributed by atoms with Crippen LogP contribution in [-0.2, 0) is 6.54 Å². The van der Waals surface area contributed by atoms with Gasteiger partial charge in [0.2, 0.25) is 0 Å². The van der Waals surface area contributed by atoms with E-state index in [0.29, 0.717) is 18.3 Å². The molecule has 0 aliphatic rings. The Bertz CT molecular complexity index is 936. The lowest BCUT2D eigenvalue weighted by atomic mass is 10.3. The highest BCUT2D eigenvalue weighted by Gasteiger charge is 2.10. The lowest BCUT2D eigenvalue weighted by molar-refractivity contribution is 0.423. The summed E-state index contributed by atoms with van der Waals surface area (Å²) in [7, 11) is 0. The zero-order valence-corrected chi connectivity index (χ0v) is 14.1. The molecule has 5 nitrogen and oxygen atoms in total. The summed E-state index contributed by atoms with van der Waals surface area (Å²) < 4.78 is 11.2.